The van der Waals surface area contributed by atoms with Crippen molar-refractivity contribution in [1.82, 2.24) is 10.2 Å². The van der Waals surface area contributed by atoms with Crippen LogP contribution < -0.4 is 5.32 Å². The van der Waals surface area contributed by atoms with Gasteiger partial charge in [-0.2, -0.15) is 0 Å². The van der Waals surface area contributed by atoms with Crippen molar-refractivity contribution < 1.29 is 0 Å². The molecule has 1 unspecified atom stereocenters. The van der Waals surface area contributed by atoms with Crippen molar-refractivity contribution in [2.45, 2.75) is 39.8 Å². The van der Waals surface area contributed by atoms with Crippen molar-refractivity contribution >= 4 is 0 Å². The number of likely N-dealkylation sites (N-methyl/N-ethyl adjacent to an activating group) is 1. The molecule has 0 aliphatic rings. The molecular weight excluding hydrogens is 220 g/mol. The molecule has 0 spiro atoms. The van der Waals surface area contributed by atoms with Crippen LogP contribution in [0.15, 0.2) is 30.3 Å². The summed E-state index contributed by atoms with van der Waals surface area (Å²) in [6.45, 7) is 11.3. The molecule has 1 N–H and O–H groups in total. The molecule has 0 saturated heterocycles. The molecule has 0 bridgehead atoms. The molecule has 0 aliphatic heterocycles. The monoisotopic (exact) mass is 248 g/mol. The lowest BCUT2D eigenvalue weighted by Crippen LogP contribution is -2.41. The molecule has 1 aromatic rings. The average Bonchev–Trinajstić information content (AvgIpc) is 2.34. The van der Waals surface area contributed by atoms with Crippen molar-refractivity contribution in [1.29, 1.82) is 0 Å². The summed E-state index contributed by atoms with van der Waals surface area (Å²) in [5.41, 5.74) is 1.40. The summed E-state index contributed by atoms with van der Waals surface area (Å²) in [6.07, 6.45) is 0. The Bertz CT molecular complexity index is 319. The molecule has 0 radical (unpaired) electrons. The highest BCUT2D eigenvalue weighted by atomic mass is 15.2. The van der Waals surface area contributed by atoms with Gasteiger partial charge in [0.15, 0.2) is 0 Å². The van der Waals surface area contributed by atoms with Gasteiger partial charge in [0.05, 0.1) is 0 Å². The first-order valence-electron chi connectivity index (χ1n) is 7.01. The Labute approximate surface area is 112 Å². The molecule has 1 atom stereocenters. The summed E-state index contributed by atoms with van der Waals surface area (Å²) in [5, 5.41) is 3.33. The first-order valence-corrected chi connectivity index (χ1v) is 7.01. The van der Waals surface area contributed by atoms with Crippen LogP contribution >= 0.6 is 0 Å². The number of nitrogens with one attached hydrogen (secondary N) is 1. The van der Waals surface area contributed by atoms with E-state index in [0.717, 1.165) is 13.1 Å². The fourth-order valence-electron chi connectivity index (χ4n) is 2.41. The maximum Gasteiger partial charge on any atom is 0.0475 e. The lowest BCUT2D eigenvalue weighted by atomic mass is 10.0. The van der Waals surface area contributed by atoms with Gasteiger partial charge in [-0.05, 0) is 32.4 Å². The van der Waals surface area contributed by atoms with Gasteiger partial charge >= 0.3 is 0 Å². The Morgan fingerprint density at radius 1 is 1.06 bits per heavy atom. The maximum absolute atomic E-state index is 3.33. The van der Waals surface area contributed by atoms with E-state index < -0.39 is 0 Å². The molecule has 0 heterocycles. The number of hydrogen-bond acceptors (Lipinski definition) is 2. The van der Waals surface area contributed by atoms with Crippen LogP contribution in [-0.4, -0.2) is 31.1 Å². The third-order valence-corrected chi connectivity index (χ3v) is 3.22. The normalized spacial score (nSPS) is 13.6. The lowest BCUT2D eigenvalue weighted by Gasteiger charge is -2.36. The number of hydrogen-bond donors (Lipinski definition) is 1. The van der Waals surface area contributed by atoms with Gasteiger partial charge in [-0.25, -0.2) is 0 Å². The van der Waals surface area contributed by atoms with E-state index in [1.54, 1.807) is 0 Å². The summed E-state index contributed by atoms with van der Waals surface area (Å²) >= 11 is 0. The van der Waals surface area contributed by atoms with E-state index in [1.807, 2.05) is 7.05 Å². The van der Waals surface area contributed by atoms with Crippen LogP contribution in [0.25, 0.3) is 0 Å². The first kappa shape index (κ1) is 15.2. The first-order chi connectivity index (χ1) is 8.56. The van der Waals surface area contributed by atoms with E-state index in [2.05, 4.69) is 68.2 Å². The second-order valence-corrected chi connectivity index (χ2v) is 5.67. The topological polar surface area (TPSA) is 15.3 Å². The van der Waals surface area contributed by atoms with Gasteiger partial charge in [-0.1, -0.05) is 44.2 Å². The maximum atomic E-state index is 3.33. The van der Waals surface area contributed by atoms with Gasteiger partial charge in [0.1, 0.15) is 0 Å². The molecule has 1 aromatic carbocycles. The van der Waals surface area contributed by atoms with E-state index in [-0.39, 0.29) is 0 Å². The molecule has 0 aliphatic carbocycles. The second kappa shape index (κ2) is 7.55. The number of benzene rings is 1. The van der Waals surface area contributed by atoms with Crippen LogP contribution in [0.2, 0.25) is 0 Å². The van der Waals surface area contributed by atoms with E-state index >= 15 is 0 Å². The molecular formula is C16H28N2. The van der Waals surface area contributed by atoms with Gasteiger partial charge in [0, 0.05) is 25.2 Å². The molecule has 0 fully saturated rings. The largest absolute Gasteiger partial charge is 0.318 e. The number of rotatable bonds is 7. The standard InChI is InChI=1S/C16H28N2/c1-13(2)12-18(14(3)4)16(11-17-5)15-9-7-6-8-10-15/h6-10,13-14,16-17H,11-12H2,1-5H3. The van der Waals surface area contributed by atoms with E-state index in [9.17, 15) is 0 Å². The van der Waals surface area contributed by atoms with Crippen molar-refractivity contribution in [3.05, 3.63) is 35.9 Å². The van der Waals surface area contributed by atoms with Gasteiger partial charge in [-0.3, -0.25) is 4.90 Å². The van der Waals surface area contributed by atoms with Crippen LogP contribution in [0, 0.1) is 5.92 Å². The van der Waals surface area contributed by atoms with Crippen molar-refractivity contribution in [2.75, 3.05) is 20.1 Å². The highest BCUT2D eigenvalue weighted by Gasteiger charge is 2.22. The third-order valence-electron chi connectivity index (χ3n) is 3.22. The quantitative estimate of drug-likeness (QED) is 0.796. The zero-order valence-electron chi connectivity index (χ0n) is 12.5. The Morgan fingerprint density at radius 2 is 1.67 bits per heavy atom. The molecule has 0 saturated carbocycles. The fourth-order valence-corrected chi connectivity index (χ4v) is 2.41. The molecule has 102 valence electrons. The highest BCUT2D eigenvalue weighted by Crippen LogP contribution is 2.23. The zero-order chi connectivity index (χ0) is 13.5. The predicted molar refractivity (Wildman–Crippen MR) is 79.8 cm³/mol. The van der Waals surface area contributed by atoms with Crippen LogP contribution in [0.1, 0.15) is 39.3 Å². The van der Waals surface area contributed by atoms with E-state index in [1.165, 1.54) is 5.56 Å². The number of nitrogens with zero attached hydrogens (tertiary/aromatic N) is 1. The van der Waals surface area contributed by atoms with Gasteiger partial charge in [0.2, 0.25) is 0 Å². The van der Waals surface area contributed by atoms with Crippen LogP contribution in [0.3, 0.4) is 0 Å². The van der Waals surface area contributed by atoms with Gasteiger partial charge < -0.3 is 5.32 Å². The second-order valence-electron chi connectivity index (χ2n) is 5.67. The van der Waals surface area contributed by atoms with Crippen molar-refractivity contribution in [3.8, 4) is 0 Å². The summed E-state index contributed by atoms with van der Waals surface area (Å²) in [7, 11) is 2.03. The average molecular weight is 248 g/mol. The minimum Gasteiger partial charge on any atom is -0.318 e. The summed E-state index contributed by atoms with van der Waals surface area (Å²) < 4.78 is 0. The Balaban J connectivity index is 2.93. The molecule has 0 aromatic heterocycles. The highest BCUT2D eigenvalue weighted by molar-refractivity contribution is 5.19. The minimum atomic E-state index is 0.457. The van der Waals surface area contributed by atoms with Crippen molar-refractivity contribution in [3.63, 3.8) is 0 Å². The van der Waals surface area contributed by atoms with Crippen LogP contribution in [-0.2, 0) is 0 Å². The fraction of sp³-hybridized carbons (Fsp3) is 0.625. The third kappa shape index (κ3) is 4.43. The Hall–Kier alpha value is -0.860. The minimum absolute atomic E-state index is 0.457. The molecule has 2 heteroatoms. The van der Waals surface area contributed by atoms with E-state index in [0.29, 0.717) is 18.0 Å². The predicted octanol–water partition coefficient (Wildman–Crippen LogP) is 3.31. The summed E-state index contributed by atoms with van der Waals surface area (Å²) in [6, 6.07) is 11.8. The van der Waals surface area contributed by atoms with Crippen LogP contribution in [0.5, 0.6) is 0 Å². The van der Waals surface area contributed by atoms with Crippen molar-refractivity contribution in [2.24, 2.45) is 5.92 Å². The van der Waals surface area contributed by atoms with E-state index in [4.69, 9.17) is 0 Å². The molecule has 0 amide bonds. The van der Waals surface area contributed by atoms with Gasteiger partial charge in [0.25, 0.3) is 0 Å². The summed E-state index contributed by atoms with van der Waals surface area (Å²) in [5.74, 6) is 0.690. The molecule has 18 heavy (non-hydrogen) atoms. The van der Waals surface area contributed by atoms with Gasteiger partial charge in [-0.15, -0.1) is 0 Å². The SMILES string of the molecule is CNCC(c1ccccc1)N(CC(C)C)C(C)C. The molecule has 2 nitrogen and oxygen atoms in total. The Kier molecular flexibility index (Phi) is 6.37. The molecule has 1 rings (SSSR count). The lowest BCUT2D eigenvalue weighted by molar-refractivity contribution is 0.133. The Morgan fingerprint density at radius 3 is 2.11 bits per heavy atom. The zero-order valence-corrected chi connectivity index (χ0v) is 12.5. The van der Waals surface area contributed by atoms with Crippen LogP contribution in [0.4, 0.5) is 0 Å². The smallest absolute Gasteiger partial charge is 0.0475 e. The summed E-state index contributed by atoms with van der Waals surface area (Å²) in [4.78, 5) is 2.59.